The van der Waals surface area contributed by atoms with Crippen molar-refractivity contribution in [2.24, 2.45) is 0 Å². The Kier molecular flexibility index (Phi) is 7.51. The van der Waals surface area contributed by atoms with Crippen LogP contribution in [-0.2, 0) is 34.8 Å². The van der Waals surface area contributed by atoms with Gasteiger partial charge in [0.2, 0.25) is 0 Å². The van der Waals surface area contributed by atoms with Gasteiger partial charge in [-0.05, 0) is 61.2 Å². The Morgan fingerprint density at radius 2 is 1.63 bits per heavy atom. The van der Waals surface area contributed by atoms with Crippen LogP contribution in [0.3, 0.4) is 0 Å². The number of hydrogen-bond acceptors (Lipinski definition) is 5. The molecule has 2 fully saturated rings. The lowest BCUT2D eigenvalue weighted by Gasteiger charge is -2.23. The molecule has 14 heteroatoms. The van der Waals surface area contributed by atoms with Gasteiger partial charge >= 0.3 is 24.4 Å². The van der Waals surface area contributed by atoms with Crippen molar-refractivity contribution >= 4 is 12.1 Å². The molecule has 1 amide bonds. The van der Waals surface area contributed by atoms with Crippen molar-refractivity contribution in [3.05, 3.63) is 81.9 Å². The predicted molar refractivity (Wildman–Crippen MR) is 135 cm³/mol. The smallest absolute Gasteiger partial charge is 0.416 e. The third-order valence-electron chi connectivity index (χ3n) is 7.44. The number of ether oxygens (including phenoxy) is 1. The third kappa shape index (κ3) is 6.22. The Labute approximate surface area is 239 Å². The minimum atomic E-state index is -5.10. The summed E-state index contributed by atoms with van der Waals surface area (Å²) in [6, 6.07) is 5.07. The van der Waals surface area contributed by atoms with Gasteiger partial charge in [-0.1, -0.05) is 6.07 Å². The molecule has 0 unspecified atom stereocenters. The molecule has 1 saturated heterocycles. The Morgan fingerprint density at radius 1 is 1.00 bits per heavy atom. The molecule has 2 atom stereocenters. The highest BCUT2D eigenvalue weighted by Crippen LogP contribution is 2.44. The standard InChI is InChI=1S/C29H23F7N2O5/c1-13-26(16-6-17(28(31,32)33)10-18(7-16)29(34,35)36)43-27(42)38(13)12-23-19(4-5-22(37-23)14-2-3-14)20-8-15(9-25(40)41)21(30)11-24(20)39/h4-8,10-11,13-14,26,39H,2-3,9,12H2,1H3,(H,40,41)/t13-,26-/m0/s1. The van der Waals surface area contributed by atoms with Crippen molar-refractivity contribution in [1.82, 2.24) is 9.88 Å². The number of nitrogens with zero attached hydrogens (tertiary/aromatic N) is 2. The number of hydrogen-bond donors (Lipinski definition) is 2. The predicted octanol–water partition coefficient (Wildman–Crippen LogP) is 7.22. The molecular formula is C29H23F7N2O5. The van der Waals surface area contributed by atoms with Crippen LogP contribution < -0.4 is 0 Å². The van der Waals surface area contributed by atoms with Gasteiger partial charge in [-0.15, -0.1) is 0 Å². The van der Waals surface area contributed by atoms with Gasteiger partial charge in [0.05, 0.1) is 35.8 Å². The van der Waals surface area contributed by atoms with Gasteiger partial charge in [-0.25, -0.2) is 9.18 Å². The molecule has 5 rings (SSSR count). The number of aromatic nitrogens is 1. The first kappa shape index (κ1) is 30.1. The van der Waals surface area contributed by atoms with Gasteiger partial charge in [0.15, 0.2) is 0 Å². The number of carbonyl (C=O) groups is 2. The van der Waals surface area contributed by atoms with E-state index in [0.717, 1.165) is 29.9 Å². The lowest BCUT2D eigenvalue weighted by atomic mass is 9.96. The molecule has 43 heavy (non-hydrogen) atoms. The van der Waals surface area contributed by atoms with Crippen LogP contribution in [0.5, 0.6) is 5.75 Å². The molecule has 2 aliphatic rings. The van der Waals surface area contributed by atoms with Crippen LogP contribution in [0.1, 0.15) is 65.4 Å². The summed E-state index contributed by atoms with van der Waals surface area (Å²) in [5.74, 6) is -2.68. The molecule has 7 nitrogen and oxygen atoms in total. The SMILES string of the molecule is C[C@H]1[C@@H](c2cc(C(F)(F)F)cc(C(F)(F)F)c2)OC(=O)N1Cc1nc(C2CC2)ccc1-c1cc(CC(=O)O)c(F)cc1O. The van der Waals surface area contributed by atoms with Crippen molar-refractivity contribution in [3.63, 3.8) is 0 Å². The largest absolute Gasteiger partial charge is 0.507 e. The number of carbonyl (C=O) groups excluding carboxylic acids is 1. The fourth-order valence-corrected chi connectivity index (χ4v) is 5.08. The van der Waals surface area contributed by atoms with Gasteiger partial charge in [-0.3, -0.25) is 14.7 Å². The van der Waals surface area contributed by atoms with E-state index < -0.39 is 71.2 Å². The zero-order chi connectivity index (χ0) is 31.4. The van der Waals surface area contributed by atoms with E-state index in [0.29, 0.717) is 17.8 Å². The number of halogens is 7. The molecule has 3 aromatic rings. The molecule has 1 aliphatic heterocycles. The Balaban J connectivity index is 1.53. The van der Waals surface area contributed by atoms with Gasteiger partial charge in [0, 0.05) is 28.8 Å². The number of phenolic OH excluding ortho intramolecular Hbond substituents is 1. The summed E-state index contributed by atoms with van der Waals surface area (Å²) in [6.45, 7) is 1.07. The van der Waals surface area contributed by atoms with Gasteiger partial charge in [-0.2, -0.15) is 26.3 Å². The zero-order valence-electron chi connectivity index (χ0n) is 22.3. The number of cyclic esters (lactones) is 1. The summed E-state index contributed by atoms with van der Waals surface area (Å²) in [6.07, 6.45) is -11.7. The van der Waals surface area contributed by atoms with Gasteiger partial charge in [0.25, 0.3) is 0 Å². The maximum absolute atomic E-state index is 14.4. The lowest BCUT2D eigenvalue weighted by molar-refractivity contribution is -0.143. The lowest BCUT2D eigenvalue weighted by Crippen LogP contribution is -2.32. The number of carboxylic acids is 1. The third-order valence-corrected chi connectivity index (χ3v) is 7.44. The number of aliphatic carboxylic acids is 1. The van der Waals surface area contributed by atoms with E-state index >= 15 is 0 Å². The molecule has 2 N–H and O–H groups in total. The number of carboxylic acid groups (broad SMARTS) is 1. The van der Waals surface area contributed by atoms with Crippen LogP contribution >= 0.6 is 0 Å². The molecule has 1 saturated carbocycles. The van der Waals surface area contributed by atoms with E-state index in [4.69, 9.17) is 9.84 Å². The zero-order valence-corrected chi connectivity index (χ0v) is 22.3. The molecule has 228 valence electrons. The molecule has 1 aliphatic carbocycles. The average Bonchev–Trinajstić information content (AvgIpc) is 3.72. The van der Waals surface area contributed by atoms with Crippen molar-refractivity contribution < 1.29 is 55.3 Å². The minimum absolute atomic E-state index is 0.0178. The van der Waals surface area contributed by atoms with Gasteiger partial charge in [0.1, 0.15) is 17.7 Å². The summed E-state index contributed by atoms with van der Waals surface area (Å²) in [7, 11) is 0. The van der Waals surface area contributed by atoms with Crippen molar-refractivity contribution in [2.75, 3.05) is 0 Å². The quantitative estimate of drug-likeness (QED) is 0.274. The topological polar surface area (TPSA) is 100.0 Å². The van der Waals surface area contributed by atoms with E-state index in [1.807, 2.05) is 0 Å². The summed E-state index contributed by atoms with van der Waals surface area (Å²) in [5.41, 5.74) is -2.76. The summed E-state index contributed by atoms with van der Waals surface area (Å²) >= 11 is 0. The minimum Gasteiger partial charge on any atom is -0.507 e. The van der Waals surface area contributed by atoms with E-state index in [1.165, 1.54) is 6.92 Å². The molecule has 0 bridgehead atoms. The first-order chi connectivity index (χ1) is 20.0. The first-order valence-electron chi connectivity index (χ1n) is 13.0. The summed E-state index contributed by atoms with van der Waals surface area (Å²) in [4.78, 5) is 29.9. The van der Waals surface area contributed by atoms with Crippen molar-refractivity contribution in [3.8, 4) is 16.9 Å². The van der Waals surface area contributed by atoms with Crippen LogP contribution in [-0.4, -0.2) is 38.2 Å². The molecule has 1 aromatic heterocycles. The second-order valence-electron chi connectivity index (χ2n) is 10.5. The van der Waals surface area contributed by atoms with Crippen LogP contribution in [0.2, 0.25) is 0 Å². The highest BCUT2D eigenvalue weighted by atomic mass is 19.4. The van der Waals surface area contributed by atoms with Crippen LogP contribution in [0.4, 0.5) is 35.5 Å². The average molecular weight is 612 g/mol. The molecular weight excluding hydrogens is 589 g/mol. The Hall–Kier alpha value is -4.36. The normalized spacial score (nSPS) is 19.1. The van der Waals surface area contributed by atoms with Crippen molar-refractivity contribution in [2.45, 2.75) is 63.1 Å². The number of phenols is 1. The molecule has 0 spiro atoms. The maximum Gasteiger partial charge on any atom is 0.416 e. The Bertz CT molecular complexity index is 1570. The number of aromatic hydroxyl groups is 1. The van der Waals surface area contributed by atoms with Crippen LogP contribution in [0.15, 0.2) is 42.5 Å². The highest BCUT2D eigenvalue weighted by molar-refractivity contribution is 5.77. The second kappa shape index (κ2) is 10.7. The number of pyridine rings is 1. The van der Waals surface area contributed by atoms with Crippen LogP contribution in [0.25, 0.3) is 11.1 Å². The van der Waals surface area contributed by atoms with Gasteiger partial charge < -0.3 is 14.9 Å². The molecule has 0 radical (unpaired) electrons. The number of amides is 1. The van der Waals surface area contributed by atoms with Crippen molar-refractivity contribution in [1.29, 1.82) is 0 Å². The summed E-state index contributed by atoms with van der Waals surface area (Å²) < 4.78 is 100. The van der Waals surface area contributed by atoms with E-state index in [2.05, 4.69) is 4.98 Å². The molecule has 2 heterocycles. The Morgan fingerprint density at radius 3 is 2.19 bits per heavy atom. The van der Waals surface area contributed by atoms with E-state index in [-0.39, 0.29) is 40.9 Å². The fraction of sp³-hybridized carbons (Fsp3) is 0.345. The van der Waals surface area contributed by atoms with E-state index in [1.54, 1.807) is 12.1 Å². The second-order valence-corrected chi connectivity index (χ2v) is 10.5. The highest BCUT2D eigenvalue weighted by Gasteiger charge is 2.43. The number of benzene rings is 2. The number of rotatable bonds is 7. The molecule has 2 aromatic carbocycles. The summed E-state index contributed by atoms with van der Waals surface area (Å²) in [5, 5.41) is 19.7. The van der Waals surface area contributed by atoms with Crippen LogP contribution in [0, 0.1) is 5.82 Å². The first-order valence-corrected chi connectivity index (χ1v) is 13.0. The number of alkyl halides is 6. The van der Waals surface area contributed by atoms with E-state index in [9.17, 15) is 45.4 Å². The maximum atomic E-state index is 14.4. The fourth-order valence-electron chi connectivity index (χ4n) is 5.08. The monoisotopic (exact) mass is 612 g/mol.